The third kappa shape index (κ3) is 3.73. The van der Waals surface area contributed by atoms with Gasteiger partial charge in [0.1, 0.15) is 5.39 Å². The summed E-state index contributed by atoms with van der Waals surface area (Å²) in [6.07, 6.45) is 2.67. The molecule has 10 nitrogen and oxygen atoms in total. The number of hydrogen-bond donors (Lipinski definition) is 2. The lowest BCUT2D eigenvalue weighted by molar-refractivity contribution is -0.386. The average molecular weight is 432 g/mol. The first-order chi connectivity index (χ1) is 15.2. The van der Waals surface area contributed by atoms with E-state index in [0.717, 1.165) is 0 Å². The first kappa shape index (κ1) is 20.9. The number of rotatable bonds is 4. The zero-order valence-electron chi connectivity index (χ0n) is 17.6. The van der Waals surface area contributed by atoms with E-state index in [1.54, 1.807) is 36.4 Å². The van der Waals surface area contributed by atoms with Crippen molar-refractivity contribution < 1.29 is 9.72 Å². The van der Waals surface area contributed by atoms with Crippen LogP contribution in [0.1, 0.15) is 36.7 Å². The van der Waals surface area contributed by atoms with Crippen LogP contribution in [0.5, 0.6) is 0 Å². The van der Waals surface area contributed by atoms with E-state index in [1.165, 1.54) is 23.3 Å². The molecule has 0 atom stereocenters. The number of carbonyl (C=O) groups is 1. The molecule has 162 valence electrons. The highest BCUT2D eigenvalue weighted by Crippen LogP contribution is 2.32. The number of fused-ring (bicyclic) bond motifs is 1. The van der Waals surface area contributed by atoms with Crippen molar-refractivity contribution in [3.8, 4) is 5.69 Å². The Labute approximate surface area is 182 Å². The summed E-state index contributed by atoms with van der Waals surface area (Å²) < 4.78 is 1.45. The van der Waals surface area contributed by atoms with E-state index >= 15 is 0 Å². The molecule has 10 heteroatoms. The largest absolute Gasteiger partial charge is 0.320 e. The van der Waals surface area contributed by atoms with Gasteiger partial charge in [-0.1, -0.05) is 39.0 Å². The van der Waals surface area contributed by atoms with Crippen LogP contribution in [0, 0.1) is 10.1 Å². The molecule has 0 spiro atoms. The van der Waals surface area contributed by atoms with Crippen molar-refractivity contribution in [3.63, 3.8) is 0 Å². The number of hydrogen-bond acceptors (Lipinski definition) is 6. The Balaban J connectivity index is 1.73. The van der Waals surface area contributed by atoms with Crippen LogP contribution in [0.15, 0.2) is 59.8 Å². The van der Waals surface area contributed by atoms with Gasteiger partial charge in [0, 0.05) is 17.2 Å². The monoisotopic (exact) mass is 432 g/mol. The molecule has 0 aliphatic rings. The number of nitro benzene ring substituents is 1. The molecule has 1 amide bonds. The molecule has 0 saturated carbocycles. The highest BCUT2D eigenvalue weighted by atomic mass is 16.6. The van der Waals surface area contributed by atoms with Gasteiger partial charge in [0.05, 0.1) is 28.8 Å². The summed E-state index contributed by atoms with van der Waals surface area (Å²) in [5.74, 6) is -0.511. The van der Waals surface area contributed by atoms with Crippen LogP contribution in [0.3, 0.4) is 0 Å². The molecule has 4 aromatic rings. The van der Waals surface area contributed by atoms with Gasteiger partial charge < -0.3 is 10.3 Å². The number of aromatic nitrogens is 4. The summed E-state index contributed by atoms with van der Waals surface area (Å²) in [5, 5.41) is 18.9. The molecule has 0 aliphatic carbocycles. The van der Waals surface area contributed by atoms with Crippen molar-refractivity contribution in [2.45, 2.75) is 26.2 Å². The van der Waals surface area contributed by atoms with Crippen molar-refractivity contribution in [1.82, 2.24) is 19.7 Å². The minimum atomic E-state index is -0.511. The van der Waals surface area contributed by atoms with Crippen molar-refractivity contribution in [1.29, 1.82) is 0 Å². The Morgan fingerprint density at radius 2 is 1.94 bits per heavy atom. The zero-order chi connectivity index (χ0) is 23.0. The predicted octanol–water partition coefficient (Wildman–Crippen LogP) is 3.57. The summed E-state index contributed by atoms with van der Waals surface area (Å²) in [6.45, 7) is 5.62. The first-order valence-electron chi connectivity index (χ1n) is 9.78. The SMILES string of the molecule is CC(C)(C)c1ccc(C(=O)Nc2ccccc2-n2ncc3c(=O)[nH]cnc32)cc1[N+](=O)[O-]. The van der Waals surface area contributed by atoms with Crippen LogP contribution in [0.25, 0.3) is 16.7 Å². The van der Waals surface area contributed by atoms with E-state index in [4.69, 9.17) is 0 Å². The van der Waals surface area contributed by atoms with Gasteiger partial charge in [0.2, 0.25) is 0 Å². The van der Waals surface area contributed by atoms with E-state index < -0.39 is 16.2 Å². The molecule has 2 heterocycles. The van der Waals surface area contributed by atoms with Gasteiger partial charge >= 0.3 is 0 Å². The molecule has 0 unspecified atom stereocenters. The van der Waals surface area contributed by atoms with Gasteiger partial charge in [-0.05, 0) is 23.6 Å². The van der Waals surface area contributed by atoms with Crippen molar-refractivity contribution in [2.75, 3.05) is 5.32 Å². The lowest BCUT2D eigenvalue weighted by Crippen LogP contribution is -2.17. The number of para-hydroxylation sites is 2. The Morgan fingerprint density at radius 3 is 2.66 bits per heavy atom. The maximum absolute atomic E-state index is 13.0. The quantitative estimate of drug-likeness (QED) is 0.374. The smallest absolute Gasteiger partial charge is 0.273 e. The zero-order valence-corrected chi connectivity index (χ0v) is 17.6. The van der Waals surface area contributed by atoms with Crippen molar-refractivity contribution in [3.05, 3.63) is 86.6 Å². The number of aromatic amines is 1. The fourth-order valence-corrected chi connectivity index (χ4v) is 3.45. The number of nitro groups is 1. The Morgan fingerprint density at radius 1 is 1.19 bits per heavy atom. The molecule has 0 bridgehead atoms. The maximum Gasteiger partial charge on any atom is 0.273 e. The maximum atomic E-state index is 13.0. The standard InChI is InChI=1S/C22H20N6O4/c1-22(2,3)15-9-8-13(10-18(15)28(31)32)20(29)26-16-6-4-5-7-17(16)27-19-14(11-25-27)21(30)24-12-23-19/h4-12H,1-3H3,(H,26,29)(H,23,24,30). The molecule has 2 aromatic heterocycles. The molecular formula is C22H20N6O4. The van der Waals surface area contributed by atoms with Gasteiger partial charge in [-0.15, -0.1) is 0 Å². The van der Waals surface area contributed by atoms with Crippen molar-refractivity contribution >= 4 is 28.3 Å². The highest BCUT2D eigenvalue weighted by molar-refractivity contribution is 6.05. The fourth-order valence-electron chi connectivity index (χ4n) is 3.45. The lowest BCUT2D eigenvalue weighted by atomic mass is 9.85. The highest BCUT2D eigenvalue weighted by Gasteiger charge is 2.26. The summed E-state index contributed by atoms with van der Waals surface area (Å²) in [5.41, 5.74) is 1.05. The molecule has 0 radical (unpaired) electrons. The predicted molar refractivity (Wildman–Crippen MR) is 119 cm³/mol. The number of nitrogens with zero attached hydrogens (tertiary/aromatic N) is 4. The van der Waals surface area contributed by atoms with Crippen LogP contribution >= 0.6 is 0 Å². The third-order valence-corrected chi connectivity index (χ3v) is 5.02. The molecule has 32 heavy (non-hydrogen) atoms. The van der Waals surface area contributed by atoms with E-state index in [2.05, 4.69) is 20.4 Å². The van der Waals surface area contributed by atoms with Gasteiger partial charge in [-0.2, -0.15) is 5.10 Å². The first-order valence-corrected chi connectivity index (χ1v) is 9.78. The normalized spacial score (nSPS) is 11.5. The van der Waals surface area contributed by atoms with E-state index in [-0.39, 0.29) is 16.8 Å². The Bertz CT molecular complexity index is 1410. The molecule has 0 fully saturated rings. The minimum absolute atomic E-state index is 0.111. The van der Waals surface area contributed by atoms with Gasteiger partial charge in [0.25, 0.3) is 17.2 Å². The molecule has 0 saturated heterocycles. The second-order valence-electron chi connectivity index (χ2n) is 8.24. The summed E-state index contributed by atoms with van der Waals surface area (Å²) in [6, 6.07) is 11.3. The van der Waals surface area contributed by atoms with Crippen LogP contribution in [0.2, 0.25) is 0 Å². The number of benzene rings is 2. The summed E-state index contributed by atoms with van der Waals surface area (Å²) in [4.78, 5) is 42.7. The van der Waals surface area contributed by atoms with Gasteiger partial charge in [-0.25, -0.2) is 9.67 Å². The lowest BCUT2D eigenvalue weighted by Gasteiger charge is -2.19. The van der Waals surface area contributed by atoms with Crippen LogP contribution in [-0.2, 0) is 5.41 Å². The van der Waals surface area contributed by atoms with Crippen molar-refractivity contribution in [2.24, 2.45) is 0 Å². The fraction of sp³-hybridized carbons (Fsp3) is 0.182. The average Bonchev–Trinajstić information content (AvgIpc) is 3.18. The van der Waals surface area contributed by atoms with Gasteiger partial charge in [-0.3, -0.25) is 19.7 Å². The number of H-pyrrole nitrogens is 1. The minimum Gasteiger partial charge on any atom is -0.320 e. The summed E-state index contributed by atoms with van der Waals surface area (Å²) in [7, 11) is 0. The Hall–Kier alpha value is -4.34. The second kappa shape index (κ2) is 7.73. The number of carbonyl (C=O) groups excluding carboxylic acids is 1. The molecule has 4 rings (SSSR count). The molecule has 2 aromatic carbocycles. The van der Waals surface area contributed by atoms with E-state index in [1.807, 2.05) is 20.8 Å². The topological polar surface area (TPSA) is 136 Å². The van der Waals surface area contributed by atoms with Gasteiger partial charge in [0.15, 0.2) is 5.65 Å². The molecule has 0 aliphatic heterocycles. The van der Waals surface area contributed by atoms with E-state index in [0.29, 0.717) is 28.0 Å². The molecule has 2 N–H and O–H groups in total. The number of nitrogens with one attached hydrogen (secondary N) is 2. The summed E-state index contributed by atoms with van der Waals surface area (Å²) >= 11 is 0. The van der Waals surface area contributed by atoms with Crippen LogP contribution < -0.4 is 10.9 Å². The number of anilines is 1. The van der Waals surface area contributed by atoms with E-state index in [9.17, 15) is 19.7 Å². The van der Waals surface area contributed by atoms with Crippen LogP contribution in [-0.4, -0.2) is 30.6 Å². The van der Waals surface area contributed by atoms with Crippen LogP contribution in [0.4, 0.5) is 11.4 Å². The third-order valence-electron chi connectivity index (χ3n) is 5.02. The Kier molecular flexibility index (Phi) is 5.05. The second-order valence-corrected chi connectivity index (χ2v) is 8.24. The molecular weight excluding hydrogens is 412 g/mol. The number of amides is 1.